The summed E-state index contributed by atoms with van der Waals surface area (Å²) in [5, 5.41) is 4.21. The van der Waals surface area contributed by atoms with E-state index in [-0.39, 0.29) is 17.5 Å². The topological polar surface area (TPSA) is 53.9 Å². The van der Waals surface area contributed by atoms with Crippen LogP contribution in [0, 0.1) is 17.8 Å². The summed E-state index contributed by atoms with van der Waals surface area (Å²) < 4.78 is 5.84. The number of aliphatic imine (C=N–C) groups is 1. The molecule has 2 aromatic carbocycles. The molecule has 0 spiro atoms. The number of ether oxygens (including phenoxy) is 1. The fourth-order valence-corrected chi connectivity index (χ4v) is 8.20. The molecule has 0 aromatic heterocycles. The van der Waals surface area contributed by atoms with Crippen LogP contribution in [0.4, 0.5) is 5.69 Å². The molecule has 178 valence electrons. The van der Waals surface area contributed by atoms with E-state index in [4.69, 9.17) is 9.73 Å². The predicted octanol–water partition coefficient (Wildman–Crippen LogP) is 6.18. The van der Waals surface area contributed by atoms with E-state index >= 15 is 0 Å². The molecule has 1 aliphatic heterocycles. The Morgan fingerprint density at radius 3 is 2.26 bits per heavy atom. The average molecular weight is 476 g/mol. The summed E-state index contributed by atoms with van der Waals surface area (Å²) in [6.45, 7) is 0. The van der Waals surface area contributed by atoms with Gasteiger partial charge in [-0.05, 0) is 92.7 Å². The number of hydrogen-bond donors (Lipinski definition) is 1. The lowest BCUT2D eigenvalue weighted by atomic mass is 9.53. The van der Waals surface area contributed by atoms with Crippen molar-refractivity contribution in [3.63, 3.8) is 0 Å². The summed E-state index contributed by atoms with van der Waals surface area (Å²) in [5.41, 5.74) is 0.979. The van der Waals surface area contributed by atoms with E-state index in [2.05, 4.69) is 17.3 Å². The van der Waals surface area contributed by atoms with Crippen molar-refractivity contribution in [2.24, 2.45) is 22.7 Å². The maximum absolute atomic E-state index is 12.8. The highest BCUT2D eigenvalue weighted by molar-refractivity contribution is 8.14. The van der Waals surface area contributed by atoms with Gasteiger partial charge in [0, 0.05) is 31.0 Å². The van der Waals surface area contributed by atoms with Crippen LogP contribution in [0.5, 0.6) is 11.5 Å². The average Bonchev–Trinajstić information content (AvgIpc) is 3.13. The van der Waals surface area contributed by atoms with Crippen molar-refractivity contribution in [1.29, 1.82) is 0 Å². The number of nitrogens with one attached hydrogen (secondary N) is 1. The van der Waals surface area contributed by atoms with Crippen LogP contribution in [-0.4, -0.2) is 40.4 Å². The zero-order valence-electron chi connectivity index (χ0n) is 19.8. The minimum Gasteiger partial charge on any atom is -0.457 e. The van der Waals surface area contributed by atoms with E-state index < -0.39 is 0 Å². The van der Waals surface area contributed by atoms with Gasteiger partial charge in [-0.2, -0.15) is 0 Å². The van der Waals surface area contributed by atoms with Crippen LogP contribution in [0.25, 0.3) is 0 Å². The molecule has 0 radical (unpaired) electrons. The molecule has 1 heterocycles. The molecule has 7 rings (SSSR count). The van der Waals surface area contributed by atoms with E-state index in [1.807, 2.05) is 66.4 Å². The standard InChI is InChI=1S/C28H33N3O2S/c1-31-23(18-34-27(31)30-28-15-19-11-20(16-28)13-21(12-19)17-28)14-26(32)29-22-7-9-25(10-8-22)33-24-5-3-2-4-6-24/h2-10,19-21,23H,11-18H2,1H3,(H,29,32). The summed E-state index contributed by atoms with van der Waals surface area (Å²) in [6.07, 6.45) is 8.65. The first kappa shape index (κ1) is 22.0. The molecular weight excluding hydrogens is 442 g/mol. The third-order valence-corrected chi connectivity index (χ3v) is 9.32. The quantitative estimate of drug-likeness (QED) is 0.542. The number of amides is 1. The van der Waals surface area contributed by atoms with E-state index in [0.717, 1.165) is 45.9 Å². The van der Waals surface area contributed by atoms with Crippen molar-refractivity contribution in [3.05, 3.63) is 54.6 Å². The first-order valence-corrected chi connectivity index (χ1v) is 13.6. The number of para-hydroxylation sites is 1. The molecule has 4 bridgehead atoms. The summed E-state index contributed by atoms with van der Waals surface area (Å²) in [5.74, 6) is 5.23. The van der Waals surface area contributed by atoms with E-state index in [1.165, 1.54) is 38.5 Å². The lowest BCUT2D eigenvalue weighted by Crippen LogP contribution is -2.50. The summed E-state index contributed by atoms with van der Waals surface area (Å²) in [7, 11) is 2.12. The van der Waals surface area contributed by atoms with Crippen molar-refractivity contribution in [1.82, 2.24) is 4.90 Å². The molecule has 5 nitrogen and oxygen atoms in total. The fraction of sp³-hybridized carbons (Fsp3) is 0.500. The van der Waals surface area contributed by atoms with Gasteiger partial charge in [0.15, 0.2) is 5.17 Å². The molecular formula is C28H33N3O2S. The van der Waals surface area contributed by atoms with Crippen molar-refractivity contribution in [2.45, 2.75) is 56.5 Å². The molecule has 2 aromatic rings. The number of rotatable bonds is 6. The molecule has 4 aliphatic carbocycles. The first-order chi connectivity index (χ1) is 16.5. The van der Waals surface area contributed by atoms with E-state index in [9.17, 15) is 4.79 Å². The number of benzene rings is 2. The third kappa shape index (κ3) is 4.57. The molecule has 1 N–H and O–H groups in total. The van der Waals surface area contributed by atoms with Gasteiger partial charge in [0.1, 0.15) is 11.5 Å². The predicted molar refractivity (Wildman–Crippen MR) is 139 cm³/mol. The Morgan fingerprint density at radius 2 is 1.62 bits per heavy atom. The van der Waals surface area contributed by atoms with Crippen molar-refractivity contribution >= 4 is 28.5 Å². The smallest absolute Gasteiger partial charge is 0.226 e. The second-order valence-corrected chi connectivity index (χ2v) is 11.8. The Kier molecular flexibility index (Phi) is 5.80. The van der Waals surface area contributed by atoms with Crippen molar-refractivity contribution in [2.75, 3.05) is 18.1 Å². The number of thioether (sulfide) groups is 1. The van der Waals surface area contributed by atoms with Crippen LogP contribution in [0.1, 0.15) is 44.9 Å². The van der Waals surface area contributed by atoms with Crippen LogP contribution in [0.2, 0.25) is 0 Å². The molecule has 5 fully saturated rings. The number of carbonyl (C=O) groups excluding carboxylic acids is 1. The second-order valence-electron chi connectivity index (χ2n) is 10.8. The molecule has 1 unspecified atom stereocenters. The Balaban J connectivity index is 1.04. The van der Waals surface area contributed by atoms with Gasteiger partial charge in [0.25, 0.3) is 0 Å². The normalized spacial score (nSPS) is 32.9. The SMILES string of the molecule is CN1C(=NC23CC4CC(CC(C4)C2)C3)SCC1CC(=O)Nc1ccc(Oc2ccccc2)cc1. The van der Waals surface area contributed by atoms with Gasteiger partial charge in [-0.1, -0.05) is 30.0 Å². The van der Waals surface area contributed by atoms with Crippen LogP contribution < -0.4 is 10.1 Å². The Hall–Kier alpha value is -2.47. The molecule has 1 atom stereocenters. The van der Waals surface area contributed by atoms with Gasteiger partial charge in [0.2, 0.25) is 5.91 Å². The number of anilines is 1. The molecule has 6 heteroatoms. The van der Waals surface area contributed by atoms with Gasteiger partial charge in [-0.3, -0.25) is 9.79 Å². The Labute approximate surface area is 206 Å². The molecule has 4 saturated carbocycles. The fourth-order valence-electron chi connectivity index (χ4n) is 6.91. The summed E-state index contributed by atoms with van der Waals surface area (Å²) in [4.78, 5) is 20.4. The van der Waals surface area contributed by atoms with Crippen LogP contribution in [0.15, 0.2) is 59.6 Å². The van der Waals surface area contributed by atoms with Crippen LogP contribution in [0.3, 0.4) is 0 Å². The molecule has 34 heavy (non-hydrogen) atoms. The highest BCUT2D eigenvalue weighted by Gasteiger charge is 2.51. The second kappa shape index (κ2) is 8.95. The maximum atomic E-state index is 12.8. The number of nitrogens with zero attached hydrogens (tertiary/aromatic N) is 2. The van der Waals surface area contributed by atoms with Gasteiger partial charge >= 0.3 is 0 Å². The monoisotopic (exact) mass is 475 g/mol. The Bertz CT molecular complexity index is 1030. The highest BCUT2D eigenvalue weighted by atomic mass is 32.2. The summed E-state index contributed by atoms with van der Waals surface area (Å²) in [6, 6.07) is 17.4. The van der Waals surface area contributed by atoms with Gasteiger partial charge in [-0.15, -0.1) is 0 Å². The van der Waals surface area contributed by atoms with E-state index in [1.54, 1.807) is 0 Å². The van der Waals surface area contributed by atoms with Crippen LogP contribution >= 0.6 is 11.8 Å². The number of amidine groups is 1. The Morgan fingerprint density at radius 1 is 1.00 bits per heavy atom. The van der Waals surface area contributed by atoms with Crippen LogP contribution in [-0.2, 0) is 4.79 Å². The zero-order valence-corrected chi connectivity index (χ0v) is 20.6. The van der Waals surface area contributed by atoms with Crippen molar-refractivity contribution < 1.29 is 9.53 Å². The van der Waals surface area contributed by atoms with Gasteiger partial charge in [-0.25, -0.2) is 0 Å². The minimum absolute atomic E-state index is 0.0465. The first-order valence-electron chi connectivity index (χ1n) is 12.6. The van der Waals surface area contributed by atoms with Gasteiger partial charge < -0.3 is 15.0 Å². The zero-order chi connectivity index (χ0) is 23.1. The summed E-state index contributed by atoms with van der Waals surface area (Å²) >= 11 is 1.84. The molecule has 1 saturated heterocycles. The minimum atomic E-state index is 0.0465. The molecule has 5 aliphatic rings. The maximum Gasteiger partial charge on any atom is 0.226 e. The largest absolute Gasteiger partial charge is 0.457 e. The number of hydrogen-bond acceptors (Lipinski definition) is 4. The van der Waals surface area contributed by atoms with Crippen molar-refractivity contribution in [3.8, 4) is 11.5 Å². The lowest BCUT2D eigenvalue weighted by molar-refractivity contribution is -0.116. The number of carbonyl (C=O) groups is 1. The van der Waals surface area contributed by atoms with E-state index in [0.29, 0.717) is 6.42 Å². The lowest BCUT2D eigenvalue weighted by Gasteiger charge is -2.55. The highest BCUT2D eigenvalue weighted by Crippen LogP contribution is 2.57. The van der Waals surface area contributed by atoms with Gasteiger partial charge in [0.05, 0.1) is 5.54 Å². The molecule has 1 amide bonds. The third-order valence-electron chi connectivity index (χ3n) is 8.13.